The number of fused-ring (bicyclic) bond motifs is 1. The number of piperidine rings is 1. The molecule has 2 aliphatic rings. The van der Waals surface area contributed by atoms with Gasteiger partial charge in [-0.1, -0.05) is 30.3 Å². The first-order valence-corrected chi connectivity index (χ1v) is 11.4. The second kappa shape index (κ2) is 9.21. The fourth-order valence-corrected chi connectivity index (χ4v) is 5.02. The Kier molecular flexibility index (Phi) is 5.97. The number of nitrogens with zero attached hydrogens (tertiary/aromatic N) is 4. The highest BCUT2D eigenvalue weighted by Gasteiger charge is 2.33. The van der Waals surface area contributed by atoms with Gasteiger partial charge in [-0.2, -0.15) is 5.26 Å². The number of benzene rings is 2. The Hall–Kier alpha value is -3.43. The molecule has 5 rings (SSSR count). The molecule has 1 aromatic heterocycles. The van der Waals surface area contributed by atoms with Crippen molar-refractivity contribution < 1.29 is 9.13 Å². The number of rotatable bonds is 5. The number of anilines is 1. The zero-order valence-corrected chi connectivity index (χ0v) is 18.7. The van der Waals surface area contributed by atoms with Crippen LogP contribution in [0.3, 0.4) is 0 Å². The number of para-hydroxylation sites is 1. The number of halogens is 1. The van der Waals surface area contributed by atoms with Crippen LogP contribution in [-0.2, 0) is 6.61 Å². The van der Waals surface area contributed by atoms with E-state index in [-0.39, 0.29) is 6.61 Å². The van der Waals surface area contributed by atoms with Gasteiger partial charge >= 0.3 is 0 Å². The summed E-state index contributed by atoms with van der Waals surface area (Å²) < 4.78 is 19.9. The first-order chi connectivity index (χ1) is 16.1. The monoisotopic (exact) mass is 442 g/mol. The second-order valence-electron chi connectivity index (χ2n) is 8.87. The van der Waals surface area contributed by atoms with Crippen LogP contribution in [0.5, 0.6) is 5.88 Å². The Morgan fingerprint density at radius 2 is 1.91 bits per heavy atom. The van der Waals surface area contributed by atoms with Crippen LogP contribution in [0.2, 0.25) is 0 Å². The van der Waals surface area contributed by atoms with Crippen molar-refractivity contribution in [1.82, 2.24) is 9.88 Å². The van der Waals surface area contributed by atoms with Gasteiger partial charge in [0.25, 0.3) is 0 Å². The Balaban J connectivity index is 1.21. The van der Waals surface area contributed by atoms with Crippen LogP contribution >= 0.6 is 0 Å². The van der Waals surface area contributed by atoms with Gasteiger partial charge in [0.2, 0.25) is 5.88 Å². The lowest BCUT2D eigenvalue weighted by Crippen LogP contribution is -2.38. The minimum absolute atomic E-state index is 0.0844. The number of nitriles is 1. The average Bonchev–Trinajstić information content (AvgIpc) is 3.20. The maximum absolute atomic E-state index is 14.1. The summed E-state index contributed by atoms with van der Waals surface area (Å²) in [7, 11) is 2.17. The SMILES string of the molecule is CN1CC(N2CCC(c3cccc(OCc4ccc(C#N)cc4F)n3)CC2)c2ccccc21. The number of hydrogen-bond acceptors (Lipinski definition) is 5. The molecule has 0 saturated carbocycles. The quantitative estimate of drug-likeness (QED) is 0.554. The third-order valence-electron chi connectivity index (χ3n) is 6.85. The fourth-order valence-electron chi connectivity index (χ4n) is 5.02. The minimum Gasteiger partial charge on any atom is -0.473 e. The van der Waals surface area contributed by atoms with E-state index in [4.69, 9.17) is 15.0 Å². The highest BCUT2D eigenvalue weighted by atomic mass is 19.1. The summed E-state index contributed by atoms with van der Waals surface area (Å²) in [6, 6.07) is 21.4. The van der Waals surface area contributed by atoms with Gasteiger partial charge in [-0.3, -0.25) is 4.90 Å². The lowest BCUT2D eigenvalue weighted by atomic mass is 9.91. The molecule has 1 saturated heterocycles. The smallest absolute Gasteiger partial charge is 0.213 e. The van der Waals surface area contributed by atoms with Gasteiger partial charge in [-0.25, -0.2) is 9.37 Å². The maximum Gasteiger partial charge on any atom is 0.213 e. The molecule has 0 bridgehead atoms. The molecule has 1 unspecified atom stereocenters. The third kappa shape index (κ3) is 4.42. The molecule has 5 nitrogen and oxygen atoms in total. The zero-order valence-electron chi connectivity index (χ0n) is 18.7. The number of pyridine rings is 1. The molecule has 0 aliphatic carbocycles. The van der Waals surface area contributed by atoms with E-state index >= 15 is 0 Å². The number of ether oxygens (including phenoxy) is 1. The molecule has 33 heavy (non-hydrogen) atoms. The van der Waals surface area contributed by atoms with Crippen molar-refractivity contribution in [3.05, 3.63) is 88.9 Å². The van der Waals surface area contributed by atoms with Crippen LogP contribution in [0.1, 0.15) is 47.2 Å². The lowest BCUT2D eigenvalue weighted by Gasteiger charge is -2.36. The molecule has 2 aromatic carbocycles. The van der Waals surface area contributed by atoms with Crippen molar-refractivity contribution in [1.29, 1.82) is 5.26 Å². The summed E-state index contributed by atoms with van der Waals surface area (Å²) in [6.45, 7) is 3.21. The van der Waals surface area contributed by atoms with Crippen LogP contribution in [0, 0.1) is 17.1 Å². The van der Waals surface area contributed by atoms with E-state index in [1.807, 2.05) is 18.2 Å². The molecule has 0 radical (unpaired) electrons. The van der Waals surface area contributed by atoms with E-state index in [2.05, 4.69) is 47.2 Å². The summed E-state index contributed by atoms with van der Waals surface area (Å²) in [4.78, 5) is 9.68. The summed E-state index contributed by atoms with van der Waals surface area (Å²) in [5.74, 6) is 0.465. The Morgan fingerprint density at radius 3 is 2.70 bits per heavy atom. The van der Waals surface area contributed by atoms with Crippen molar-refractivity contribution >= 4 is 5.69 Å². The molecule has 0 N–H and O–H groups in total. The predicted molar refractivity (Wildman–Crippen MR) is 126 cm³/mol. The summed E-state index contributed by atoms with van der Waals surface area (Å²) in [5, 5.41) is 8.89. The first-order valence-electron chi connectivity index (χ1n) is 11.4. The number of likely N-dealkylation sites (N-methyl/N-ethyl adjacent to an activating group) is 1. The summed E-state index contributed by atoms with van der Waals surface area (Å²) >= 11 is 0. The predicted octanol–water partition coefficient (Wildman–Crippen LogP) is 5.04. The normalized spacial score (nSPS) is 18.7. The highest BCUT2D eigenvalue weighted by Crippen LogP contribution is 2.40. The molecule has 6 heteroatoms. The van der Waals surface area contributed by atoms with E-state index in [0.29, 0.717) is 29.0 Å². The topological polar surface area (TPSA) is 52.4 Å². The summed E-state index contributed by atoms with van der Waals surface area (Å²) in [5.41, 5.74) is 4.53. The number of likely N-dealkylation sites (tertiary alicyclic amines) is 1. The Labute approximate surface area is 194 Å². The zero-order chi connectivity index (χ0) is 22.8. The van der Waals surface area contributed by atoms with Gasteiger partial charge in [0.1, 0.15) is 12.4 Å². The van der Waals surface area contributed by atoms with Gasteiger partial charge in [-0.05, 0) is 55.8 Å². The molecule has 0 spiro atoms. The van der Waals surface area contributed by atoms with E-state index in [0.717, 1.165) is 38.2 Å². The minimum atomic E-state index is -0.434. The van der Waals surface area contributed by atoms with Crippen LogP contribution in [0.25, 0.3) is 0 Å². The van der Waals surface area contributed by atoms with Crippen LogP contribution < -0.4 is 9.64 Å². The van der Waals surface area contributed by atoms with Crippen molar-refractivity contribution in [2.75, 3.05) is 31.6 Å². The molecular formula is C27H27FN4O. The molecule has 2 aliphatic heterocycles. The lowest BCUT2D eigenvalue weighted by molar-refractivity contribution is 0.159. The second-order valence-corrected chi connectivity index (χ2v) is 8.87. The number of hydrogen-bond donors (Lipinski definition) is 0. The molecule has 1 fully saturated rings. The molecular weight excluding hydrogens is 415 g/mol. The van der Waals surface area contributed by atoms with Gasteiger partial charge in [0, 0.05) is 42.5 Å². The first kappa shape index (κ1) is 21.4. The molecule has 3 heterocycles. The van der Waals surface area contributed by atoms with Crippen molar-refractivity contribution in [3.8, 4) is 11.9 Å². The summed E-state index contributed by atoms with van der Waals surface area (Å²) in [6.07, 6.45) is 2.12. The van der Waals surface area contributed by atoms with Gasteiger partial charge in [0.15, 0.2) is 0 Å². The molecule has 3 aromatic rings. The van der Waals surface area contributed by atoms with Gasteiger partial charge < -0.3 is 9.64 Å². The van der Waals surface area contributed by atoms with E-state index in [1.165, 1.54) is 17.3 Å². The van der Waals surface area contributed by atoms with Crippen LogP contribution in [0.15, 0.2) is 60.7 Å². The van der Waals surface area contributed by atoms with Crippen LogP contribution in [0.4, 0.5) is 10.1 Å². The Bertz CT molecular complexity index is 1180. The Morgan fingerprint density at radius 1 is 1.09 bits per heavy atom. The molecule has 1 atom stereocenters. The van der Waals surface area contributed by atoms with E-state index < -0.39 is 5.82 Å². The van der Waals surface area contributed by atoms with Crippen molar-refractivity contribution in [2.45, 2.75) is 31.4 Å². The standard InChI is InChI=1S/C27H27FN4O/c1-31-17-26(22-5-2-3-7-25(22)31)32-13-11-20(12-14-32)24-6-4-8-27(30-24)33-18-21-10-9-19(16-29)15-23(21)28/h2-10,15,20,26H,11-14,17-18H2,1H3. The third-order valence-corrected chi connectivity index (χ3v) is 6.85. The molecule has 168 valence electrons. The maximum atomic E-state index is 14.1. The van der Waals surface area contributed by atoms with Crippen molar-refractivity contribution in [3.63, 3.8) is 0 Å². The number of aromatic nitrogens is 1. The van der Waals surface area contributed by atoms with E-state index in [1.54, 1.807) is 12.1 Å². The van der Waals surface area contributed by atoms with Crippen molar-refractivity contribution in [2.24, 2.45) is 0 Å². The van der Waals surface area contributed by atoms with Gasteiger partial charge in [0.05, 0.1) is 17.7 Å². The van der Waals surface area contributed by atoms with E-state index in [9.17, 15) is 4.39 Å². The fraction of sp³-hybridized carbons (Fsp3) is 0.333. The molecule has 0 amide bonds. The highest BCUT2D eigenvalue weighted by molar-refractivity contribution is 5.59. The largest absolute Gasteiger partial charge is 0.473 e. The van der Waals surface area contributed by atoms with Crippen LogP contribution in [-0.4, -0.2) is 36.6 Å². The van der Waals surface area contributed by atoms with Gasteiger partial charge in [-0.15, -0.1) is 0 Å². The average molecular weight is 443 g/mol.